The summed E-state index contributed by atoms with van der Waals surface area (Å²) in [5.41, 5.74) is 1.47. The molecule has 1 saturated heterocycles. The summed E-state index contributed by atoms with van der Waals surface area (Å²) >= 11 is 0. The summed E-state index contributed by atoms with van der Waals surface area (Å²) in [6.07, 6.45) is 4.39. The highest BCUT2D eigenvalue weighted by atomic mass is 16.7. The van der Waals surface area contributed by atoms with Crippen molar-refractivity contribution >= 4 is 28.5 Å². The number of carbonyl (C=O) groups excluding carboxylic acids is 2. The summed E-state index contributed by atoms with van der Waals surface area (Å²) in [6, 6.07) is 4.73. The zero-order valence-electron chi connectivity index (χ0n) is 25.6. The van der Waals surface area contributed by atoms with Gasteiger partial charge in [0.15, 0.2) is 0 Å². The Morgan fingerprint density at radius 3 is 2.82 bits per heavy atom. The zero-order chi connectivity index (χ0) is 31.7. The van der Waals surface area contributed by atoms with Crippen molar-refractivity contribution in [1.82, 2.24) is 20.1 Å². The molecule has 3 aromatic rings. The van der Waals surface area contributed by atoms with Crippen LogP contribution in [-0.2, 0) is 25.6 Å². The third-order valence-corrected chi connectivity index (χ3v) is 8.84. The summed E-state index contributed by atoms with van der Waals surface area (Å²) in [7, 11) is 1.59. The number of rotatable bonds is 11. The number of carbonyl (C=O) groups is 2. The van der Waals surface area contributed by atoms with Crippen molar-refractivity contribution in [2.24, 2.45) is 16.8 Å². The number of benzene rings is 1. The first kappa shape index (κ1) is 30.9. The van der Waals surface area contributed by atoms with E-state index < -0.39 is 30.6 Å². The van der Waals surface area contributed by atoms with E-state index in [0.29, 0.717) is 48.9 Å². The molecule has 0 spiro atoms. The maximum atomic E-state index is 12.9. The maximum Gasteiger partial charge on any atom is 0.236 e. The molecule has 2 aromatic heterocycles. The second kappa shape index (κ2) is 13.1. The Morgan fingerprint density at radius 1 is 1.22 bits per heavy atom. The Balaban J connectivity index is 1.13. The van der Waals surface area contributed by atoms with Crippen LogP contribution in [0.15, 0.2) is 46.0 Å². The van der Waals surface area contributed by atoms with Crippen LogP contribution in [0.4, 0.5) is 0 Å². The molecule has 1 aromatic carbocycles. The molecule has 1 amide bonds. The van der Waals surface area contributed by atoms with Crippen LogP contribution in [0.2, 0.25) is 0 Å². The first-order chi connectivity index (χ1) is 21.7. The molecular formula is C32H39N5O8. The quantitative estimate of drug-likeness (QED) is 0.270. The number of Topliss-reactive ketones (excluding diaryl/α,β-unsaturated/α-hetero) is 1. The van der Waals surface area contributed by atoms with Crippen LogP contribution in [0.25, 0.3) is 10.9 Å². The second-order valence-corrected chi connectivity index (χ2v) is 11.8. The van der Waals surface area contributed by atoms with E-state index in [1.165, 1.54) is 0 Å². The molecule has 45 heavy (non-hydrogen) atoms. The second-order valence-electron chi connectivity index (χ2n) is 11.8. The molecule has 13 nitrogen and oxygen atoms in total. The summed E-state index contributed by atoms with van der Waals surface area (Å²) < 4.78 is 25.1. The van der Waals surface area contributed by atoms with Gasteiger partial charge in [-0.3, -0.25) is 9.59 Å². The minimum atomic E-state index is -1.30. The molecule has 2 aliphatic heterocycles. The SMILES string of the molecule is CC/C=C\CC1C(=O)CCC1CC(=O)NCC1OC2OC(c3cn(Cc4nnc(C)o4)c4cc(OC)ccc34)=NC2C(O)C1O. The van der Waals surface area contributed by atoms with Crippen molar-refractivity contribution in [2.75, 3.05) is 13.7 Å². The minimum Gasteiger partial charge on any atom is -0.497 e. The number of aromatic nitrogens is 3. The largest absolute Gasteiger partial charge is 0.497 e. The van der Waals surface area contributed by atoms with E-state index >= 15 is 0 Å². The zero-order valence-corrected chi connectivity index (χ0v) is 25.6. The summed E-state index contributed by atoms with van der Waals surface area (Å²) in [5.74, 6) is 1.61. The van der Waals surface area contributed by atoms with Crippen LogP contribution in [0.3, 0.4) is 0 Å². The molecule has 1 saturated carbocycles. The third-order valence-electron chi connectivity index (χ3n) is 8.84. The van der Waals surface area contributed by atoms with Crippen molar-refractivity contribution in [3.63, 3.8) is 0 Å². The van der Waals surface area contributed by atoms with Gasteiger partial charge in [-0.25, -0.2) is 4.99 Å². The predicted molar refractivity (Wildman–Crippen MR) is 162 cm³/mol. The topological polar surface area (TPSA) is 171 Å². The maximum absolute atomic E-state index is 12.9. The average Bonchev–Trinajstić information content (AvgIpc) is 3.81. The molecule has 3 N–H and O–H groups in total. The first-order valence-corrected chi connectivity index (χ1v) is 15.4. The first-order valence-electron chi connectivity index (χ1n) is 15.4. The normalized spacial score (nSPS) is 28.0. The fourth-order valence-electron chi connectivity index (χ4n) is 6.46. The number of methoxy groups -OCH3 is 1. The lowest BCUT2D eigenvalue weighted by Gasteiger charge is -2.37. The van der Waals surface area contributed by atoms with E-state index in [4.69, 9.17) is 18.6 Å². The number of amides is 1. The smallest absolute Gasteiger partial charge is 0.236 e. The van der Waals surface area contributed by atoms with E-state index in [-0.39, 0.29) is 42.4 Å². The van der Waals surface area contributed by atoms with Gasteiger partial charge in [0.05, 0.1) is 18.2 Å². The Labute approximate surface area is 260 Å². The molecular weight excluding hydrogens is 582 g/mol. The van der Waals surface area contributed by atoms with Gasteiger partial charge in [-0.05, 0) is 37.3 Å². The molecule has 2 fully saturated rings. The summed E-state index contributed by atoms with van der Waals surface area (Å²) in [6.45, 7) is 4.04. The third kappa shape index (κ3) is 6.37. The number of nitrogens with zero attached hydrogens (tertiary/aromatic N) is 4. The van der Waals surface area contributed by atoms with Crippen LogP contribution in [0.5, 0.6) is 5.75 Å². The lowest BCUT2D eigenvalue weighted by atomic mass is 9.89. The Hall–Kier alpha value is -4.07. The number of fused-ring (bicyclic) bond motifs is 2. The van der Waals surface area contributed by atoms with Gasteiger partial charge in [-0.15, -0.1) is 10.2 Å². The lowest BCUT2D eigenvalue weighted by molar-refractivity contribution is -0.224. The van der Waals surface area contributed by atoms with Crippen LogP contribution in [0, 0.1) is 18.8 Å². The molecule has 3 aliphatic rings. The van der Waals surface area contributed by atoms with Gasteiger partial charge >= 0.3 is 0 Å². The molecule has 0 radical (unpaired) electrons. The van der Waals surface area contributed by atoms with Gasteiger partial charge in [0, 0.05) is 49.9 Å². The lowest BCUT2D eigenvalue weighted by Crippen LogP contribution is -2.58. The number of allylic oxidation sites excluding steroid dienone is 2. The Bertz CT molecular complexity index is 1610. The van der Waals surface area contributed by atoms with E-state index in [1.54, 1.807) is 14.0 Å². The number of hydrogen-bond acceptors (Lipinski definition) is 11. The molecule has 7 atom stereocenters. The number of aliphatic hydroxyl groups excluding tert-OH is 2. The fourth-order valence-corrected chi connectivity index (χ4v) is 6.46. The van der Waals surface area contributed by atoms with Crippen molar-refractivity contribution < 1.29 is 38.4 Å². The highest BCUT2D eigenvalue weighted by Crippen LogP contribution is 2.35. The standard InChI is InChI=1S/C32H39N5O8/c1-4-5-6-7-20-18(8-11-24(20)38)12-26(39)33-14-25-29(40)30(41)28-32(44-25)45-31(34-28)22-15-37(16-27-36-35-17(2)43-27)23-13-19(42-3)9-10-21(22)23/h5-6,9-10,13,15,18,20,25,28-30,32,40-41H,4,7-8,11-12,14,16H2,1-3H3,(H,33,39)/b6-5-. The number of ether oxygens (including phenoxy) is 3. The highest BCUT2D eigenvalue weighted by Gasteiger charge is 2.49. The van der Waals surface area contributed by atoms with Gasteiger partial charge in [0.1, 0.15) is 42.4 Å². The van der Waals surface area contributed by atoms with Crippen LogP contribution in [-0.4, -0.2) is 86.9 Å². The Morgan fingerprint density at radius 2 is 2.07 bits per heavy atom. The van der Waals surface area contributed by atoms with Crippen LogP contribution >= 0.6 is 0 Å². The number of aryl methyl sites for hydroxylation is 1. The minimum absolute atomic E-state index is 0.0220. The van der Waals surface area contributed by atoms with Crippen molar-refractivity contribution in [3.05, 3.63) is 53.9 Å². The van der Waals surface area contributed by atoms with Crippen LogP contribution in [0.1, 0.15) is 56.4 Å². The average molecular weight is 622 g/mol. The van der Waals surface area contributed by atoms with Gasteiger partial charge in [-0.2, -0.15) is 0 Å². The summed E-state index contributed by atoms with van der Waals surface area (Å²) in [5, 5.41) is 33.6. The van der Waals surface area contributed by atoms with Crippen molar-refractivity contribution in [2.45, 2.75) is 83.1 Å². The van der Waals surface area contributed by atoms with Crippen molar-refractivity contribution in [1.29, 1.82) is 0 Å². The molecule has 0 bridgehead atoms. The number of aliphatic imine (C=N–C) groups is 1. The van der Waals surface area contributed by atoms with Gasteiger partial charge < -0.3 is 38.7 Å². The molecule has 7 unspecified atom stereocenters. The van der Waals surface area contributed by atoms with Gasteiger partial charge in [0.25, 0.3) is 0 Å². The monoisotopic (exact) mass is 621 g/mol. The molecule has 240 valence electrons. The van der Waals surface area contributed by atoms with Gasteiger partial charge in [-0.1, -0.05) is 19.1 Å². The number of aliphatic hydroxyl groups is 2. The molecule has 13 heteroatoms. The van der Waals surface area contributed by atoms with Gasteiger partial charge in [0.2, 0.25) is 29.9 Å². The number of hydrogen-bond donors (Lipinski definition) is 3. The van der Waals surface area contributed by atoms with E-state index in [1.807, 2.05) is 48.0 Å². The Kier molecular flexibility index (Phi) is 9.02. The predicted octanol–water partition coefficient (Wildman–Crippen LogP) is 2.44. The van der Waals surface area contributed by atoms with E-state index in [9.17, 15) is 19.8 Å². The molecule has 4 heterocycles. The van der Waals surface area contributed by atoms with E-state index in [0.717, 1.165) is 17.3 Å². The fraction of sp³-hybridized carbons (Fsp3) is 0.531. The molecule has 6 rings (SSSR count). The van der Waals surface area contributed by atoms with E-state index in [2.05, 4.69) is 20.5 Å². The number of ketones is 1. The van der Waals surface area contributed by atoms with Crippen molar-refractivity contribution in [3.8, 4) is 5.75 Å². The summed E-state index contributed by atoms with van der Waals surface area (Å²) in [4.78, 5) is 29.9. The van der Waals surface area contributed by atoms with Crippen LogP contribution < -0.4 is 10.1 Å². The number of nitrogens with one attached hydrogen (secondary N) is 1. The highest BCUT2D eigenvalue weighted by molar-refractivity contribution is 6.08. The molecule has 1 aliphatic carbocycles.